The van der Waals surface area contributed by atoms with Gasteiger partial charge in [-0.05, 0) is 23.7 Å². The van der Waals surface area contributed by atoms with Gasteiger partial charge in [0.15, 0.2) is 0 Å². The molecule has 0 radical (unpaired) electrons. The SMILES string of the molecule is c1cnc2c(c1)ccc1nscc12. The molecule has 2 heterocycles. The van der Waals surface area contributed by atoms with Gasteiger partial charge in [-0.15, -0.1) is 0 Å². The summed E-state index contributed by atoms with van der Waals surface area (Å²) in [6.45, 7) is 0. The Morgan fingerprint density at radius 2 is 2.15 bits per heavy atom. The second-order valence-corrected chi connectivity index (χ2v) is 3.52. The molecule has 0 saturated heterocycles. The van der Waals surface area contributed by atoms with Crippen molar-refractivity contribution in [1.82, 2.24) is 9.36 Å². The summed E-state index contributed by atoms with van der Waals surface area (Å²) >= 11 is 1.48. The van der Waals surface area contributed by atoms with Crippen molar-refractivity contribution >= 4 is 33.3 Å². The molecular weight excluding hydrogens is 180 g/mol. The normalized spacial score (nSPS) is 11.1. The highest BCUT2D eigenvalue weighted by Gasteiger charge is 2.01. The first-order valence-electron chi connectivity index (χ1n) is 4.03. The van der Waals surface area contributed by atoms with Crippen molar-refractivity contribution in [3.8, 4) is 0 Å². The fraction of sp³-hybridized carbons (Fsp3) is 0. The monoisotopic (exact) mass is 186 g/mol. The standard InChI is InChI=1S/C10H6N2S/c1-2-7-3-4-9-8(6-13-12-9)10(7)11-5-1/h1-6H. The van der Waals surface area contributed by atoms with Crippen molar-refractivity contribution in [3.63, 3.8) is 0 Å². The predicted octanol–water partition coefficient (Wildman–Crippen LogP) is 2.84. The first-order valence-corrected chi connectivity index (χ1v) is 4.86. The van der Waals surface area contributed by atoms with E-state index >= 15 is 0 Å². The van der Waals surface area contributed by atoms with Gasteiger partial charge >= 0.3 is 0 Å². The van der Waals surface area contributed by atoms with Crippen LogP contribution in [0.2, 0.25) is 0 Å². The fourth-order valence-electron chi connectivity index (χ4n) is 1.49. The zero-order chi connectivity index (χ0) is 8.67. The molecule has 62 valence electrons. The molecule has 0 N–H and O–H groups in total. The zero-order valence-electron chi connectivity index (χ0n) is 6.77. The largest absolute Gasteiger partial charge is 0.256 e. The predicted molar refractivity (Wildman–Crippen MR) is 54.9 cm³/mol. The van der Waals surface area contributed by atoms with E-state index in [9.17, 15) is 0 Å². The van der Waals surface area contributed by atoms with Crippen molar-refractivity contribution in [2.75, 3.05) is 0 Å². The molecule has 0 amide bonds. The molecule has 13 heavy (non-hydrogen) atoms. The van der Waals surface area contributed by atoms with Crippen molar-refractivity contribution in [2.24, 2.45) is 0 Å². The number of fused-ring (bicyclic) bond motifs is 3. The van der Waals surface area contributed by atoms with Crippen molar-refractivity contribution in [3.05, 3.63) is 35.8 Å². The Labute approximate surface area is 79.0 Å². The second kappa shape index (κ2) is 2.50. The molecule has 1 aromatic carbocycles. The van der Waals surface area contributed by atoms with Gasteiger partial charge in [0, 0.05) is 22.3 Å². The summed E-state index contributed by atoms with van der Waals surface area (Å²) in [7, 11) is 0. The summed E-state index contributed by atoms with van der Waals surface area (Å²) in [5.41, 5.74) is 2.09. The van der Waals surface area contributed by atoms with Crippen molar-refractivity contribution in [1.29, 1.82) is 0 Å². The maximum atomic E-state index is 4.35. The highest BCUT2D eigenvalue weighted by atomic mass is 32.1. The Kier molecular flexibility index (Phi) is 1.34. The summed E-state index contributed by atoms with van der Waals surface area (Å²) in [6, 6.07) is 8.12. The van der Waals surface area contributed by atoms with Crippen LogP contribution in [-0.2, 0) is 0 Å². The van der Waals surface area contributed by atoms with Gasteiger partial charge in [0.1, 0.15) is 0 Å². The Bertz CT molecular complexity index is 571. The van der Waals surface area contributed by atoms with Gasteiger partial charge in [-0.3, -0.25) is 4.98 Å². The summed E-state index contributed by atoms with van der Waals surface area (Å²) in [4.78, 5) is 4.35. The van der Waals surface area contributed by atoms with E-state index in [0.717, 1.165) is 16.4 Å². The molecule has 0 atom stereocenters. The Balaban J connectivity index is 2.65. The molecule has 0 unspecified atom stereocenters. The Morgan fingerprint density at radius 3 is 3.15 bits per heavy atom. The number of rotatable bonds is 0. The minimum atomic E-state index is 1.04. The highest BCUT2D eigenvalue weighted by molar-refractivity contribution is 7.04. The summed E-state index contributed by atoms with van der Waals surface area (Å²) in [6.07, 6.45) is 1.82. The molecule has 3 rings (SSSR count). The number of aromatic nitrogens is 2. The van der Waals surface area contributed by atoms with E-state index in [-0.39, 0.29) is 0 Å². The summed E-state index contributed by atoms with van der Waals surface area (Å²) < 4.78 is 4.27. The number of hydrogen-bond donors (Lipinski definition) is 0. The highest BCUT2D eigenvalue weighted by Crippen LogP contribution is 2.23. The Morgan fingerprint density at radius 1 is 1.15 bits per heavy atom. The van der Waals surface area contributed by atoms with E-state index in [2.05, 4.69) is 21.5 Å². The van der Waals surface area contributed by atoms with Crippen LogP contribution in [0.15, 0.2) is 35.8 Å². The lowest BCUT2D eigenvalue weighted by molar-refractivity contribution is 1.43. The number of hydrogen-bond acceptors (Lipinski definition) is 3. The second-order valence-electron chi connectivity index (χ2n) is 2.89. The minimum Gasteiger partial charge on any atom is -0.256 e. The molecular formula is C10H6N2S. The van der Waals surface area contributed by atoms with Gasteiger partial charge in [0.2, 0.25) is 0 Å². The Hall–Kier alpha value is -1.48. The van der Waals surface area contributed by atoms with E-state index in [4.69, 9.17) is 0 Å². The van der Waals surface area contributed by atoms with E-state index in [1.54, 1.807) is 0 Å². The zero-order valence-corrected chi connectivity index (χ0v) is 7.58. The molecule has 2 aromatic heterocycles. The van der Waals surface area contributed by atoms with Gasteiger partial charge in [0.25, 0.3) is 0 Å². The van der Waals surface area contributed by atoms with E-state index in [1.165, 1.54) is 16.9 Å². The molecule has 0 spiro atoms. The van der Waals surface area contributed by atoms with E-state index in [1.807, 2.05) is 23.7 Å². The lowest BCUT2D eigenvalue weighted by Crippen LogP contribution is -1.77. The summed E-state index contributed by atoms with van der Waals surface area (Å²) in [5.74, 6) is 0. The maximum Gasteiger partial charge on any atom is 0.0862 e. The van der Waals surface area contributed by atoms with Crippen LogP contribution in [0.1, 0.15) is 0 Å². The minimum absolute atomic E-state index is 1.04. The molecule has 2 nitrogen and oxygen atoms in total. The van der Waals surface area contributed by atoms with Gasteiger partial charge < -0.3 is 0 Å². The lowest BCUT2D eigenvalue weighted by Gasteiger charge is -1.95. The quantitative estimate of drug-likeness (QED) is 0.539. The third-order valence-electron chi connectivity index (χ3n) is 2.11. The van der Waals surface area contributed by atoms with Gasteiger partial charge in [-0.2, -0.15) is 4.37 Å². The average Bonchev–Trinajstić information content (AvgIpc) is 2.65. The molecule has 0 saturated carbocycles. The topological polar surface area (TPSA) is 25.8 Å². The third kappa shape index (κ3) is 0.939. The molecule has 3 heteroatoms. The van der Waals surface area contributed by atoms with Crippen molar-refractivity contribution < 1.29 is 0 Å². The molecule has 0 aliphatic rings. The van der Waals surface area contributed by atoms with E-state index < -0.39 is 0 Å². The smallest absolute Gasteiger partial charge is 0.0862 e. The number of benzene rings is 1. The van der Waals surface area contributed by atoms with Crippen LogP contribution in [-0.4, -0.2) is 9.36 Å². The van der Waals surface area contributed by atoms with Crippen LogP contribution < -0.4 is 0 Å². The molecule has 0 bridgehead atoms. The maximum absolute atomic E-state index is 4.35. The molecule has 0 aliphatic carbocycles. The van der Waals surface area contributed by atoms with Gasteiger partial charge in [0.05, 0.1) is 11.0 Å². The van der Waals surface area contributed by atoms with Crippen LogP contribution in [0, 0.1) is 0 Å². The van der Waals surface area contributed by atoms with Crippen LogP contribution >= 0.6 is 11.5 Å². The summed E-state index contributed by atoms with van der Waals surface area (Å²) in [5, 5.41) is 4.38. The van der Waals surface area contributed by atoms with Crippen molar-refractivity contribution in [2.45, 2.75) is 0 Å². The molecule has 3 aromatic rings. The average molecular weight is 186 g/mol. The van der Waals surface area contributed by atoms with Crippen LogP contribution in [0.5, 0.6) is 0 Å². The molecule has 0 fully saturated rings. The van der Waals surface area contributed by atoms with E-state index in [0.29, 0.717) is 0 Å². The third-order valence-corrected chi connectivity index (χ3v) is 2.76. The first kappa shape index (κ1) is 6.97. The number of nitrogens with zero attached hydrogens (tertiary/aromatic N) is 2. The number of pyridine rings is 1. The fourth-order valence-corrected chi connectivity index (χ4v) is 2.15. The van der Waals surface area contributed by atoms with Crippen LogP contribution in [0.3, 0.4) is 0 Å². The lowest BCUT2D eigenvalue weighted by atomic mass is 10.1. The van der Waals surface area contributed by atoms with Gasteiger partial charge in [-0.25, -0.2) is 0 Å². The van der Waals surface area contributed by atoms with Gasteiger partial charge in [-0.1, -0.05) is 12.1 Å². The first-order chi connectivity index (χ1) is 6.45. The molecule has 0 aliphatic heterocycles. The van der Waals surface area contributed by atoms with Crippen LogP contribution in [0.4, 0.5) is 0 Å². The van der Waals surface area contributed by atoms with Crippen LogP contribution in [0.25, 0.3) is 21.8 Å².